The molecule has 5 heterocycles. The van der Waals surface area contributed by atoms with Crippen LogP contribution in [0.1, 0.15) is 12.5 Å². The van der Waals surface area contributed by atoms with Gasteiger partial charge in [-0.25, -0.2) is 4.98 Å². The van der Waals surface area contributed by atoms with Crippen molar-refractivity contribution in [2.24, 2.45) is 11.8 Å². The van der Waals surface area contributed by atoms with Gasteiger partial charge in [0.1, 0.15) is 11.3 Å². The zero-order chi connectivity index (χ0) is 20.9. The van der Waals surface area contributed by atoms with E-state index in [1.54, 1.807) is 13.1 Å². The summed E-state index contributed by atoms with van der Waals surface area (Å²) in [6.45, 7) is 6.39. The van der Waals surface area contributed by atoms with Crippen LogP contribution in [0.25, 0.3) is 21.3 Å². The maximum absolute atomic E-state index is 11.6. The monoisotopic (exact) mass is 434 g/mol. The number of likely N-dealkylation sites (tertiary alicyclic amines) is 2. The van der Waals surface area contributed by atoms with Gasteiger partial charge in [-0.05, 0) is 36.1 Å². The summed E-state index contributed by atoms with van der Waals surface area (Å²) in [6.07, 6.45) is 3.58. The Morgan fingerprint density at radius 2 is 2.06 bits per heavy atom. The lowest BCUT2D eigenvalue weighted by Crippen LogP contribution is -2.31. The van der Waals surface area contributed by atoms with Crippen molar-refractivity contribution in [2.75, 3.05) is 26.2 Å². The number of amides is 1. The van der Waals surface area contributed by atoms with E-state index in [2.05, 4.69) is 20.9 Å². The first kappa shape index (κ1) is 18.8. The molecule has 2 aliphatic rings. The third kappa shape index (κ3) is 3.45. The SMILES string of the molecule is CC(=O)N1C[C@H]2CN(Cc3coc4cc(Oc5nc6ncccc6s5)ccc34)C[C@H]2C1. The van der Waals surface area contributed by atoms with Gasteiger partial charge in [-0.3, -0.25) is 9.69 Å². The first-order chi connectivity index (χ1) is 15.1. The van der Waals surface area contributed by atoms with Crippen molar-refractivity contribution >= 4 is 38.6 Å². The van der Waals surface area contributed by atoms with Crippen LogP contribution in [0.5, 0.6) is 10.9 Å². The molecule has 6 rings (SSSR count). The van der Waals surface area contributed by atoms with Gasteiger partial charge in [-0.2, -0.15) is 4.98 Å². The van der Waals surface area contributed by atoms with E-state index < -0.39 is 0 Å². The predicted molar refractivity (Wildman–Crippen MR) is 118 cm³/mol. The molecule has 1 aromatic carbocycles. The summed E-state index contributed by atoms with van der Waals surface area (Å²) < 4.78 is 12.8. The zero-order valence-corrected chi connectivity index (χ0v) is 18.0. The lowest BCUT2D eigenvalue weighted by atomic mass is 10.0. The Morgan fingerprint density at radius 1 is 1.23 bits per heavy atom. The number of thiazole rings is 1. The largest absolute Gasteiger partial charge is 0.464 e. The molecule has 0 radical (unpaired) electrons. The highest BCUT2D eigenvalue weighted by molar-refractivity contribution is 7.20. The maximum Gasteiger partial charge on any atom is 0.281 e. The molecule has 0 aliphatic carbocycles. The van der Waals surface area contributed by atoms with E-state index >= 15 is 0 Å². The number of aromatic nitrogens is 2. The number of pyridine rings is 1. The van der Waals surface area contributed by atoms with E-state index in [1.807, 2.05) is 35.4 Å². The second kappa shape index (κ2) is 7.32. The minimum atomic E-state index is 0.196. The third-order valence-corrected chi connectivity index (χ3v) is 7.27. The quantitative estimate of drug-likeness (QED) is 0.481. The molecule has 1 amide bonds. The van der Waals surface area contributed by atoms with Crippen LogP contribution in [0.15, 0.2) is 47.2 Å². The number of hydrogen-bond acceptors (Lipinski definition) is 7. The van der Waals surface area contributed by atoms with Crippen molar-refractivity contribution in [1.29, 1.82) is 0 Å². The van der Waals surface area contributed by atoms with Crippen LogP contribution in [0.4, 0.5) is 0 Å². The molecule has 0 unspecified atom stereocenters. The van der Waals surface area contributed by atoms with Gasteiger partial charge in [0.05, 0.1) is 11.0 Å². The van der Waals surface area contributed by atoms with Crippen molar-refractivity contribution in [1.82, 2.24) is 19.8 Å². The smallest absolute Gasteiger partial charge is 0.281 e. The lowest BCUT2D eigenvalue weighted by molar-refractivity contribution is -0.128. The van der Waals surface area contributed by atoms with Gasteiger partial charge in [0.15, 0.2) is 5.65 Å². The van der Waals surface area contributed by atoms with Crippen LogP contribution in [0, 0.1) is 11.8 Å². The summed E-state index contributed by atoms with van der Waals surface area (Å²) in [5.41, 5.74) is 2.70. The Labute approximate surface area is 183 Å². The number of fused-ring (bicyclic) bond motifs is 3. The average molecular weight is 435 g/mol. The Bertz CT molecular complexity index is 1240. The standard InChI is InChI=1S/C23H22N4O3S/c1-14(28)27-11-15-8-26(9-16(15)12-27)10-17-13-29-20-7-18(4-5-19(17)20)30-23-25-22-21(31-23)3-2-6-24-22/h2-7,13,15-16H,8-12H2,1H3/t15-,16+. The van der Waals surface area contributed by atoms with Crippen LogP contribution in [-0.4, -0.2) is 51.9 Å². The Hall–Kier alpha value is -2.97. The van der Waals surface area contributed by atoms with Gasteiger partial charge in [0.25, 0.3) is 5.19 Å². The van der Waals surface area contributed by atoms with Crippen molar-refractivity contribution in [3.8, 4) is 10.9 Å². The van der Waals surface area contributed by atoms with Crippen LogP contribution in [0.2, 0.25) is 0 Å². The fourth-order valence-electron chi connectivity index (χ4n) is 4.86. The summed E-state index contributed by atoms with van der Waals surface area (Å²) in [4.78, 5) is 24.8. The fraction of sp³-hybridized carbons (Fsp3) is 0.348. The molecule has 8 heteroatoms. The Morgan fingerprint density at radius 3 is 2.84 bits per heavy atom. The number of nitrogens with zero attached hydrogens (tertiary/aromatic N) is 4. The highest BCUT2D eigenvalue weighted by Gasteiger charge is 2.40. The van der Waals surface area contributed by atoms with Crippen LogP contribution < -0.4 is 4.74 Å². The zero-order valence-electron chi connectivity index (χ0n) is 17.2. The van der Waals surface area contributed by atoms with Gasteiger partial charge in [0.2, 0.25) is 5.91 Å². The van der Waals surface area contributed by atoms with Crippen LogP contribution in [0.3, 0.4) is 0 Å². The van der Waals surface area contributed by atoms with E-state index in [-0.39, 0.29) is 5.91 Å². The molecule has 4 aromatic rings. The number of ether oxygens (including phenoxy) is 1. The number of benzene rings is 1. The Kier molecular flexibility index (Phi) is 4.43. The topological polar surface area (TPSA) is 71.7 Å². The Balaban J connectivity index is 1.16. The molecular formula is C23H22N4O3S. The summed E-state index contributed by atoms with van der Waals surface area (Å²) >= 11 is 1.48. The highest BCUT2D eigenvalue weighted by Crippen LogP contribution is 2.35. The van der Waals surface area contributed by atoms with Crippen LogP contribution >= 0.6 is 11.3 Å². The number of furan rings is 1. The van der Waals surface area contributed by atoms with Gasteiger partial charge in [-0.1, -0.05) is 11.3 Å². The summed E-state index contributed by atoms with van der Waals surface area (Å²) in [7, 11) is 0. The van der Waals surface area contributed by atoms with E-state index in [9.17, 15) is 4.79 Å². The molecule has 3 aromatic heterocycles. The maximum atomic E-state index is 11.6. The van der Waals surface area contributed by atoms with Gasteiger partial charge in [-0.15, -0.1) is 0 Å². The molecule has 0 N–H and O–H groups in total. The minimum absolute atomic E-state index is 0.196. The molecule has 0 saturated carbocycles. The van der Waals surface area contributed by atoms with E-state index in [0.717, 1.165) is 48.4 Å². The third-order valence-electron chi connectivity index (χ3n) is 6.38. The molecule has 7 nitrogen and oxygen atoms in total. The van der Waals surface area contributed by atoms with Gasteiger partial charge >= 0.3 is 0 Å². The number of carbonyl (C=O) groups excluding carboxylic acids is 1. The minimum Gasteiger partial charge on any atom is -0.464 e. The number of rotatable bonds is 4. The fourth-order valence-corrected chi connectivity index (χ4v) is 5.65. The average Bonchev–Trinajstić information content (AvgIpc) is 3.50. The molecule has 2 saturated heterocycles. The normalized spacial score (nSPS) is 21.3. The van der Waals surface area contributed by atoms with E-state index in [0.29, 0.717) is 28.4 Å². The first-order valence-corrected chi connectivity index (χ1v) is 11.3. The summed E-state index contributed by atoms with van der Waals surface area (Å²) in [6, 6.07) is 9.82. The van der Waals surface area contributed by atoms with Crippen molar-refractivity contribution in [2.45, 2.75) is 13.5 Å². The molecule has 0 spiro atoms. The molecule has 2 atom stereocenters. The van der Waals surface area contributed by atoms with Crippen molar-refractivity contribution in [3.63, 3.8) is 0 Å². The molecule has 0 bridgehead atoms. The molecule has 158 valence electrons. The molecular weight excluding hydrogens is 412 g/mol. The number of hydrogen-bond donors (Lipinski definition) is 0. The van der Waals surface area contributed by atoms with Gasteiger partial charge < -0.3 is 14.1 Å². The van der Waals surface area contributed by atoms with E-state index in [4.69, 9.17) is 9.15 Å². The second-order valence-corrected chi connectivity index (χ2v) is 9.46. The van der Waals surface area contributed by atoms with Crippen molar-refractivity contribution < 1.29 is 13.9 Å². The van der Waals surface area contributed by atoms with E-state index in [1.165, 1.54) is 16.9 Å². The van der Waals surface area contributed by atoms with Gasteiger partial charge in [0, 0.05) is 62.9 Å². The molecule has 2 fully saturated rings. The summed E-state index contributed by atoms with van der Waals surface area (Å²) in [5, 5.41) is 1.68. The van der Waals surface area contributed by atoms with Crippen LogP contribution in [-0.2, 0) is 11.3 Å². The second-order valence-electron chi connectivity index (χ2n) is 8.46. The number of carbonyl (C=O) groups is 1. The van der Waals surface area contributed by atoms with Crippen molar-refractivity contribution in [3.05, 3.63) is 48.4 Å². The predicted octanol–water partition coefficient (Wildman–Crippen LogP) is 4.14. The molecule has 31 heavy (non-hydrogen) atoms. The first-order valence-electron chi connectivity index (χ1n) is 10.5. The highest BCUT2D eigenvalue weighted by atomic mass is 32.1. The molecule has 2 aliphatic heterocycles. The summed E-state index contributed by atoms with van der Waals surface area (Å²) in [5.74, 6) is 2.07. The lowest BCUT2D eigenvalue weighted by Gasteiger charge is -2.20.